The fourth-order valence-electron chi connectivity index (χ4n) is 2.32. The van der Waals surface area contributed by atoms with Gasteiger partial charge in [0.25, 0.3) is 0 Å². The Hall–Kier alpha value is -2.80. The Morgan fingerprint density at radius 1 is 1.32 bits per heavy atom. The van der Waals surface area contributed by atoms with Gasteiger partial charge < -0.3 is 4.74 Å². The van der Waals surface area contributed by atoms with Gasteiger partial charge in [0.1, 0.15) is 0 Å². The number of hydrogen-bond acceptors (Lipinski definition) is 3. The smallest absolute Gasteiger partial charge is 0.417 e. The van der Waals surface area contributed by atoms with Crippen molar-refractivity contribution in [1.82, 2.24) is 9.55 Å². The molecule has 8 heteroatoms. The molecule has 2 heterocycles. The average molecular weight is 367 g/mol. The molecule has 1 aromatic carbocycles. The predicted octanol–water partition coefficient (Wildman–Crippen LogP) is 4.79. The lowest BCUT2D eigenvalue weighted by Crippen LogP contribution is -2.07. The Kier molecular flexibility index (Phi) is 4.26. The summed E-state index contributed by atoms with van der Waals surface area (Å²) in [7, 11) is 0. The molecule has 0 spiro atoms. The molecule has 0 atom stereocenters. The third-order valence-corrected chi connectivity index (χ3v) is 3.71. The molecule has 0 radical (unpaired) electrons. The van der Waals surface area contributed by atoms with Crippen LogP contribution in [0.1, 0.15) is 5.56 Å². The van der Waals surface area contributed by atoms with Crippen LogP contribution in [-0.2, 0) is 11.0 Å². The van der Waals surface area contributed by atoms with E-state index >= 15 is 0 Å². The molecule has 0 fully saturated rings. The summed E-state index contributed by atoms with van der Waals surface area (Å²) in [6.45, 7) is 3.33. The molecule has 25 heavy (non-hydrogen) atoms. The first kappa shape index (κ1) is 17.0. The minimum absolute atomic E-state index is 0.0896. The van der Waals surface area contributed by atoms with Crippen LogP contribution in [0, 0.1) is 0 Å². The summed E-state index contributed by atoms with van der Waals surface area (Å²) in [6.07, 6.45) is -1.40. The maximum Gasteiger partial charge on any atom is 0.417 e. The first-order valence-electron chi connectivity index (χ1n) is 6.98. The zero-order valence-corrected chi connectivity index (χ0v) is 13.3. The van der Waals surface area contributed by atoms with Gasteiger partial charge in [-0.1, -0.05) is 30.3 Å². The molecule has 0 aliphatic heterocycles. The molecule has 0 saturated carbocycles. The predicted molar refractivity (Wildman–Crippen MR) is 86.9 cm³/mol. The molecular weight excluding hydrogens is 357 g/mol. The first-order chi connectivity index (χ1) is 11.8. The van der Waals surface area contributed by atoms with E-state index in [9.17, 15) is 18.0 Å². The number of fused-ring (bicyclic) bond motifs is 1. The average Bonchev–Trinajstić information content (AvgIpc) is 2.92. The summed E-state index contributed by atoms with van der Waals surface area (Å²) in [6, 6.07) is 7.68. The van der Waals surface area contributed by atoms with Crippen molar-refractivity contribution in [3.8, 4) is 11.6 Å². The number of hydrogen-bond donors (Lipinski definition) is 0. The summed E-state index contributed by atoms with van der Waals surface area (Å²) in [4.78, 5) is 15.3. The molecule has 0 aliphatic carbocycles. The van der Waals surface area contributed by atoms with E-state index in [1.165, 1.54) is 10.8 Å². The molecule has 2 aromatic heterocycles. The highest BCUT2D eigenvalue weighted by Gasteiger charge is 2.32. The van der Waals surface area contributed by atoms with Gasteiger partial charge in [-0.05, 0) is 18.2 Å². The van der Waals surface area contributed by atoms with Crippen molar-refractivity contribution in [2.45, 2.75) is 6.18 Å². The van der Waals surface area contributed by atoms with Gasteiger partial charge in [0, 0.05) is 17.7 Å². The Morgan fingerprint density at radius 2 is 2.04 bits per heavy atom. The van der Waals surface area contributed by atoms with Crippen molar-refractivity contribution in [2.24, 2.45) is 0 Å². The van der Waals surface area contributed by atoms with Crippen LogP contribution in [0.25, 0.3) is 16.7 Å². The van der Waals surface area contributed by atoms with E-state index in [-0.39, 0.29) is 16.6 Å². The van der Waals surface area contributed by atoms with Gasteiger partial charge >= 0.3 is 12.1 Å². The Bertz CT molecular complexity index is 980. The Labute approximate surface area is 145 Å². The number of pyridine rings is 1. The number of ether oxygens (including phenoxy) is 1. The molecule has 0 saturated heterocycles. The third-order valence-electron chi connectivity index (χ3n) is 3.43. The molecular formula is C17H10ClF3N2O2. The first-order valence-corrected chi connectivity index (χ1v) is 7.36. The number of nitrogens with zero attached hydrogens (tertiary/aromatic N) is 2. The van der Waals surface area contributed by atoms with Crippen LogP contribution in [0.2, 0.25) is 5.02 Å². The fourth-order valence-corrected chi connectivity index (χ4v) is 2.58. The SMILES string of the molecule is C=CC(=O)Oc1cn(-c2ncc(C(F)(F)F)cc2Cl)c2ccccc12. The summed E-state index contributed by atoms with van der Waals surface area (Å²) in [5, 5.41) is 0.396. The normalized spacial score (nSPS) is 11.5. The Balaban J connectivity index is 2.16. The zero-order valence-electron chi connectivity index (χ0n) is 12.5. The van der Waals surface area contributed by atoms with Gasteiger partial charge in [0.2, 0.25) is 0 Å². The summed E-state index contributed by atoms with van der Waals surface area (Å²) >= 11 is 6.01. The van der Waals surface area contributed by atoms with E-state index in [1.807, 2.05) is 0 Å². The number of rotatable bonds is 3. The van der Waals surface area contributed by atoms with E-state index in [4.69, 9.17) is 16.3 Å². The van der Waals surface area contributed by atoms with Crippen LogP contribution in [0.5, 0.6) is 5.75 Å². The minimum atomic E-state index is -4.54. The van der Waals surface area contributed by atoms with E-state index in [0.717, 1.165) is 12.1 Å². The summed E-state index contributed by atoms with van der Waals surface area (Å²) < 4.78 is 44.9. The molecule has 0 aliphatic rings. The number of para-hydroxylation sites is 1. The fraction of sp³-hybridized carbons (Fsp3) is 0.0588. The van der Waals surface area contributed by atoms with Gasteiger partial charge in [-0.3, -0.25) is 4.57 Å². The van der Waals surface area contributed by atoms with Crippen molar-refractivity contribution in [3.63, 3.8) is 0 Å². The molecule has 0 amide bonds. The summed E-state index contributed by atoms with van der Waals surface area (Å²) in [5.74, 6) is -0.348. The highest BCUT2D eigenvalue weighted by atomic mass is 35.5. The van der Waals surface area contributed by atoms with Crippen LogP contribution in [0.4, 0.5) is 13.2 Å². The van der Waals surface area contributed by atoms with E-state index in [0.29, 0.717) is 17.1 Å². The molecule has 4 nitrogen and oxygen atoms in total. The van der Waals surface area contributed by atoms with Crippen LogP contribution in [-0.4, -0.2) is 15.5 Å². The van der Waals surface area contributed by atoms with Gasteiger partial charge in [-0.25, -0.2) is 9.78 Å². The standard InChI is InChI=1S/C17H10ClF3N2O2/c1-2-15(24)25-14-9-23(13-6-4-3-5-11(13)14)16-12(18)7-10(8-22-16)17(19,20)21/h2-9H,1H2. The van der Waals surface area contributed by atoms with Gasteiger partial charge in [-0.15, -0.1) is 0 Å². The van der Waals surface area contributed by atoms with Crippen molar-refractivity contribution in [1.29, 1.82) is 0 Å². The highest BCUT2D eigenvalue weighted by molar-refractivity contribution is 6.32. The molecule has 3 aromatic rings. The number of aromatic nitrogens is 2. The van der Waals surface area contributed by atoms with Crippen molar-refractivity contribution < 1.29 is 22.7 Å². The molecule has 3 rings (SSSR count). The van der Waals surface area contributed by atoms with Gasteiger partial charge in [0.05, 0.1) is 22.3 Å². The quantitative estimate of drug-likeness (QED) is 0.494. The number of alkyl halides is 3. The molecule has 0 unspecified atom stereocenters. The monoisotopic (exact) mass is 366 g/mol. The van der Waals surface area contributed by atoms with Gasteiger partial charge in [0.15, 0.2) is 11.6 Å². The van der Waals surface area contributed by atoms with Crippen LogP contribution < -0.4 is 4.74 Å². The lowest BCUT2D eigenvalue weighted by molar-refractivity contribution is -0.137. The molecule has 0 bridgehead atoms. The van der Waals surface area contributed by atoms with E-state index in [2.05, 4.69) is 11.6 Å². The zero-order chi connectivity index (χ0) is 18.2. The van der Waals surface area contributed by atoms with Crippen molar-refractivity contribution in [3.05, 3.63) is 66.0 Å². The summed E-state index contributed by atoms with van der Waals surface area (Å²) in [5.41, 5.74) is -0.375. The van der Waals surface area contributed by atoms with Crippen molar-refractivity contribution >= 4 is 28.5 Å². The minimum Gasteiger partial charge on any atom is -0.421 e. The maximum atomic E-state index is 12.8. The van der Waals surface area contributed by atoms with Crippen LogP contribution in [0.3, 0.4) is 0 Å². The van der Waals surface area contributed by atoms with Crippen LogP contribution >= 0.6 is 11.6 Å². The van der Waals surface area contributed by atoms with E-state index < -0.39 is 17.7 Å². The number of benzene rings is 1. The lowest BCUT2D eigenvalue weighted by Gasteiger charge is -2.10. The molecule has 0 N–H and O–H groups in total. The second-order valence-corrected chi connectivity index (χ2v) is 5.44. The topological polar surface area (TPSA) is 44.1 Å². The number of carbonyl (C=O) groups excluding carboxylic acids is 1. The Morgan fingerprint density at radius 3 is 2.68 bits per heavy atom. The maximum absolute atomic E-state index is 12.8. The number of carbonyl (C=O) groups is 1. The number of esters is 1. The van der Waals surface area contributed by atoms with E-state index in [1.54, 1.807) is 24.3 Å². The second-order valence-electron chi connectivity index (χ2n) is 5.03. The van der Waals surface area contributed by atoms with Crippen molar-refractivity contribution in [2.75, 3.05) is 0 Å². The second kappa shape index (κ2) is 6.25. The highest BCUT2D eigenvalue weighted by Crippen LogP contribution is 2.35. The number of halogens is 4. The molecule has 128 valence electrons. The lowest BCUT2D eigenvalue weighted by atomic mass is 10.2. The third kappa shape index (κ3) is 3.23. The van der Waals surface area contributed by atoms with Crippen LogP contribution in [0.15, 0.2) is 55.4 Å². The largest absolute Gasteiger partial charge is 0.421 e. The van der Waals surface area contributed by atoms with Gasteiger partial charge in [-0.2, -0.15) is 13.2 Å².